The van der Waals surface area contributed by atoms with Crippen LogP contribution in [0.4, 0.5) is 17.6 Å². The summed E-state index contributed by atoms with van der Waals surface area (Å²) < 4.78 is 54.0. The SMILES string of the molecule is O=C(COc1ccc(C(F)(F)F)cc1)NC(CF)C(=O)O. The number of amides is 1. The van der Waals surface area contributed by atoms with Crippen LogP contribution in [0.25, 0.3) is 0 Å². The molecule has 1 unspecified atom stereocenters. The Bertz CT molecular complexity index is 501. The van der Waals surface area contributed by atoms with Crippen LogP contribution in [0.1, 0.15) is 5.56 Å². The quantitative estimate of drug-likeness (QED) is 0.783. The largest absolute Gasteiger partial charge is 0.484 e. The van der Waals surface area contributed by atoms with Gasteiger partial charge in [0.1, 0.15) is 12.4 Å². The van der Waals surface area contributed by atoms with Gasteiger partial charge in [-0.1, -0.05) is 0 Å². The number of rotatable bonds is 6. The molecule has 2 N–H and O–H groups in total. The van der Waals surface area contributed by atoms with E-state index in [9.17, 15) is 27.2 Å². The van der Waals surface area contributed by atoms with Crippen molar-refractivity contribution in [3.8, 4) is 5.75 Å². The van der Waals surface area contributed by atoms with Crippen molar-refractivity contribution in [2.45, 2.75) is 12.2 Å². The second kappa shape index (κ2) is 6.91. The van der Waals surface area contributed by atoms with Crippen LogP contribution in [-0.4, -0.2) is 36.3 Å². The van der Waals surface area contributed by atoms with Crippen LogP contribution in [-0.2, 0) is 15.8 Å². The molecule has 0 radical (unpaired) electrons. The van der Waals surface area contributed by atoms with E-state index < -0.39 is 42.9 Å². The fourth-order valence-corrected chi connectivity index (χ4v) is 1.29. The zero-order valence-corrected chi connectivity index (χ0v) is 10.5. The van der Waals surface area contributed by atoms with E-state index in [2.05, 4.69) is 0 Å². The topological polar surface area (TPSA) is 75.6 Å². The standard InChI is InChI=1S/C12H11F4NO4/c13-5-9(11(19)20)17-10(18)6-21-8-3-1-7(2-4-8)12(14,15)16/h1-4,9H,5-6H2,(H,17,18)(H,19,20). The summed E-state index contributed by atoms with van der Waals surface area (Å²) in [5, 5.41) is 10.4. The molecule has 0 aliphatic rings. The Hall–Kier alpha value is -2.32. The first-order chi connectivity index (χ1) is 9.74. The molecule has 0 saturated carbocycles. The highest BCUT2D eigenvalue weighted by Crippen LogP contribution is 2.30. The van der Waals surface area contributed by atoms with E-state index >= 15 is 0 Å². The van der Waals surface area contributed by atoms with Crippen LogP contribution >= 0.6 is 0 Å². The number of alkyl halides is 4. The van der Waals surface area contributed by atoms with Gasteiger partial charge < -0.3 is 15.2 Å². The number of carboxylic acids is 1. The minimum atomic E-state index is -4.48. The average Bonchev–Trinajstić information content (AvgIpc) is 2.41. The summed E-state index contributed by atoms with van der Waals surface area (Å²) in [4.78, 5) is 21.7. The Labute approximate surface area is 116 Å². The normalized spacial score (nSPS) is 12.6. The monoisotopic (exact) mass is 309 g/mol. The van der Waals surface area contributed by atoms with E-state index in [1.165, 1.54) is 0 Å². The zero-order valence-electron chi connectivity index (χ0n) is 10.5. The van der Waals surface area contributed by atoms with Gasteiger partial charge in [-0.05, 0) is 24.3 Å². The molecule has 0 aromatic heterocycles. The molecule has 1 atom stereocenters. The Balaban J connectivity index is 2.52. The second-order valence-corrected chi connectivity index (χ2v) is 3.92. The Morgan fingerprint density at radius 2 is 1.81 bits per heavy atom. The number of carboxylic acid groups (broad SMARTS) is 1. The Kier molecular flexibility index (Phi) is 5.51. The number of ether oxygens (including phenoxy) is 1. The molecule has 1 amide bonds. The number of hydrogen-bond acceptors (Lipinski definition) is 3. The first kappa shape index (κ1) is 16.7. The molecule has 1 rings (SSSR count). The third-order valence-corrected chi connectivity index (χ3v) is 2.34. The van der Waals surface area contributed by atoms with Gasteiger partial charge in [-0.2, -0.15) is 13.2 Å². The molecule has 0 aliphatic heterocycles. The van der Waals surface area contributed by atoms with E-state index in [-0.39, 0.29) is 5.75 Å². The fourth-order valence-electron chi connectivity index (χ4n) is 1.29. The van der Waals surface area contributed by atoms with Crippen LogP contribution in [0.2, 0.25) is 0 Å². The van der Waals surface area contributed by atoms with E-state index in [1.807, 2.05) is 5.32 Å². The van der Waals surface area contributed by atoms with Crippen molar-refractivity contribution in [3.05, 3.63) is 29.8 Å². The van der Waals surface area contributed by atoms with Crippen molar-refractivity contribution in [3.63, 3.8) is 0 Å². The molecule has 1 aromatic rings. The number of halogens is 4. The van der Waals surface area contributed by atoms with Gasteiger partial charge in [0.05, 0.1) is 5.56 Å². The molecule has 21 heavy (non-hydrogen) atoms. The smallest absolute Gasteiger partial charge is 0.416 e. The predicted octanol–water partition coefficient (Wildman–Crippen LogP) is 1.62. The lowest BCUT2D eigenvalue weighted by Gasteiger charge is -2.12. The van der Waals surface area contributed by atoms with Crippen molar-refractivity contribution < 1.29 is 37.0 Å². The van der Waals surface area contributed by atoms with Crippen molar-refractivity contribution in [1.29, 1.82) is 0 Å². The summed E-state index contributed by atoms with van der Waals surface area (Å²) in [5.41, 5.74) is -0.873. The highest BCUT2D eigenvalue weighted by molar-refractivity contribution is 5.84. The second-order valence-electron chi connectivity index (χ2n) is 3.92. The van der Waals surface area contributed by atoms with Crippen LogP contribution < -0.4 is 10.1 Å². The molecule has 1 aromatic carbocycles. The maximum Gasteiger partial charge on any atom is 0.416 e. The van der Waals surface area contributed by atoms with E-state index in [0.29, 0.717) is 0 Å². The summed E-state index contributed by atoms with van der Waals surface area (Å²) in [6.07, 6.45) is -4.48. The molecule has 9 heteroatoms. The number of carbonyl (C=O) groups excluding carboxylic acids is 1. The highest BCUT2D eigenvalue weighted by atomic mass is 19.4. The van der Waals surface area contributed by atoms with Crippen LogP contribution in [0.3, 0.4) is 0 Å². The maximum absolute atomic E-state index is 12.3. The van der Waals surface area contributed by atoms with Gasteiger partial charge in [0.2, 0.25) is 0 Å². The highest BCUT2D eigenvalue weighted by Gasteiger charge is 2.30. The molecule has 116 valence electrons. The predicted molar refractivity (Wildman–Crippen MR) is 62.5 cm³/mol. The van der Waals surface area contributed by atoms with Crippen molar-refractivity contribution in [2.75, 3.05) is 13.3 Å². The van der Waals surface area contributed by atoms with Crippen molar-refractivity contribution in [2.24, 2.45) is 0 Å². The summed E-state index contributed by atoms with van der Waals surface area (Å²) >= 11 is 0. The van der Waals surface area contributed by atoms with E-state index in [0.717, 1.165) is 24.3 Å². The van der Waals surface area contributed by atoms with Crippen LogP contribution in [0.15, 0.2) is 24.3 Å². The number of nitrogens with one attached hydrogen (secondary N) is 1. The lowest BCUT2D eigenvalue weighted by atomic mass is 10.2. The first-order valence-electron chi connectivity index (χ1n) is 5.62. The van der Waals surface area contributed by atoms with E-state index in [1.54, 1.807) is 0 Å². The number of hydrogen-bond donors (Lipinski definition) is 2. The Morgan fingerprint density at radius 3 is 2.24 bits per heavy atom. The molecule has 0 heterocycles. The fraction of sp³-hybridized carbons (Fsp3) is 0.333. The maximum atomic E-state index is 12.3. The van der Waals surface area contributed by atoms with Gasteiger partial charge in [-0.3, -0.25) is 4.79 Å². The summed E-state index contributed by atoms with van der Waals surface area (Å²) in [7, 11) is 0. The zero-order chi connectivity index (χ0) is 16.0. The molecular formula is C12H11F4NO4. The van der Waals surface area contributed by atoms with Gasteiger partial charge in [-0.15, -0.1) is 0 Å². The molecule has 0 bridgehead atoms. The van der Waals surface area contributed by atoms with Gasteiger partial charge in [0.15, 0.2) is 12.6 Å². The molecule has 0 aliphatic carbocycles. The first-order valence-corrected chi connectivity index (χ1v) is 5.62. The minimum absolute atomic E-state index is 0.00901. The van der Waals surface area contributed by atoms with Crippen LogP contribution in [0.5, 0.6) is 5.75 Å². The van der Waals surface area contributed by atoms with Crippen LogP contribution in [0, 0.1) is 0 Å². The molecule has 0 saturated heterocycles. The molecule has 5 nitrogen and oxygen atoms in total. The lowest BCUT2D eigenvalue weighted by Crippen LogP contribution is -2.44. The lowest BCUT2D eigenvalue weighted by molar-refractivity contribution is -0.142. The third kappa shape index (κ3) is 5.28. The van der Waals surface area contributed by atoms with Gasteiger partial charge in [0.25, 0.3) is 5.91 Å². The third-order valence-electron chi connectivity index (χ3n) is 2.34. The number of carbonyl (C=O) groups is 2. The van der Waals surface area contributed by atoms with Gasteiger partial charge in [-0.25, -0.2) is 9.18 Å². The summed E-state index contributed by atoms with van der Waals surface area (Å²) in [6.45, 7) is -1.93. The van der Waals surface area contributed by atoms with Gasteiger partial charge >= 0.3 is 12.1 Å². The average molecular weight is 309 g/mol. The number of benzene rings is 1. The molecular weight excluding hydrogens is 298 g/mol. The van der Waals surface area contributed by atoms with Gasteiger partial charge in [0, 0.05) is 0 Å². The van der Waals surface area contributed by atoms with E-state index in [4.69, 9.17) is 9.84 Å². The summed E-state index contributed by atoms with van der Waals surface area (Å²) in [5.74, 6) is -2.45. The summed E-state index contributed by atoms with van der Waals surface area (Å²) in [6, 6.07) is 1.89. The molecule has 0 spiro atoms. The van der Waals surface area contributed by atoms with Crippen molar-refractivity contribution in [1.82, 2.24) is 5.32 Å². The minimum Gasteiger partial charge on any atom is -0.484 e. The van der Waals surface area contributed by atoms with Crippen molar-refractivity contribution >= 4 is 11.9 Å². The Morgan fingerprint density at radius 1 is 1.24 bits per heavy atom. The number of aliphatic carboxylic acids is 1. The molecule has 0 fully saturated rings.